The van der Waals surface area contributed by atoms with E-state index < -0.39 is 0 Å². The van der Waals surface area contributed by atoms with Crippen molar-refractivity contribution in [1.29, 1.82) is 0 Å². The van der Waals surface area contributed by atoms with Crippen LogP contribution < -0.4 is 0 Å². The van der Waals surface area contributed by atoms with Gasteiger partial charge in [-0.1, -0.05) is 68.7 Å². The van der Waals surface area contributed by atoms with Gasteiger partial charge in [-0.05, 0) is 47.1 Å². The molecule has 27 heavy (non-hydrogen) atoms. The Kier molecular flexibility index (Phi) is 6.00. The lowest BCUT2D eigenvalue weighted by Crippen LogP contribution is -2.25. The normalized spacial score (nSPS) is 16.4. The lowest BCUT2D eigenvalue weighted by Gasteiger charge is -2.34. The van der Waals surface area contributed by atoms with Crippen LogP contribution in [0.4, 0.5) is 0 Å². The number of ether oxygens (including phenoxy) is 1. The molecule has 1 aliphatic carbocycles. The summed E-state index contributed by atoms with van der Waals surface area (Å²) >= 11 is 0. The van der Waals surface area contributed by atoms with E-state index in [1.165, 1.54) is 26.4 Å². The summed E-state index contributed by atoms with van der Waals surface area (Å²) < 4.78 is 4.63. The highest BCUT2D eigenvalue weighted by Crippen LogP contribution is 2.43. The van der Waals surface area contributed by atoms with Crippen LogP contribution in [-0.2, 0) is 14.9 Å². The molecule has 0 aliphatic heterocycles. The molecule has 0 aromatic heterocycles. The molecule has 1 saturated carbocycles. The summed E-state index contributed by atoms with van der Waals surface area (Å²) in [5.41, 5.74) is 4.43. The van der Waals surface area contributed by atoms with Crippen molar-refractivity contribution >= 4 is 12.0 Å². The van der Waals surface area contributed by atoms with Gasteiger partial charge in [0.1, 0.15) is 5.75 Å². The van der Waals surface area contributed by atoms with Crippen molar-refractivity contribution in [1.82, 2.24) is 0 Å². The van der Waals surface area contributed by atoms with Gasteiger partial charge in [-0.25, -0.2) is 0 Å². The SMILES string of the molecule is COC(=O)C/C=C/c1ccc(-c2ccc(O)c(C3(C)CCCCC3)c2)cc1. The Morgan fingerprint density at radius 2 is 1.74 bits per heavy atom. The number of aromatic hydroxyl groups is 1. The van der Waals surface area contributed by atoms with Crippen molar-refractivity contribution in [2.24, 2.45) is 0 Å². The van der Waals surface area contributed by atoms with Gasteiger partial charge in [0.15, 0.2) is 0 Å². The number of carbonyl (C=O) groups excluding carboxylic acids is 1. The van der Waals surface area contributed by atoms with Gasteiger partial charge in [-0.3, -0.25) is 4.79 Å². The Labute approximate surface area is 161 Å². The molecule has 0 atom stereocenters. The highest BCUT2D eigenvalue weighted by Gasteiger charge is 2.31. The quantitative estimate of drug-likeness (QED) is 0.676. The average Bonchev–Trinajstić information content (AvgIpc) is 2.69. The summed E-state index contributed by atoms with van der Waals surface area (Å²) in [5, 5.41) is 10.5. The molecule has 0 heterocycles. The van der Waals surface area contributed by atoms with Crippen LogP contribution in [0.3, 0.4) is 0 Å². The van der Waals surface area contributed by atoms with Crippen molar-refractivity contribution in [3.05, 3.63) is 59.7 Å². The summed E-state index contributed by atoms with van der Waals surface area (Å²) in [6, 6.07) is 14.2. The number of phenols is 1. The summed E-state index contributed by atoms with van der Waals surface area (Å²) in [5.74, 6) is 0.168. The van der Waals surface area contributed by atoms with Gasteiger partial charge in [0, 0.05) is 5.56 Å². The molecular weight excluding hydrogens is 336 g/mol. The monoisotopic (exact) mass is 364 g/mol. The molecule has 2 aromatic rings. The number of phenolic OH excluding ortho intramolecular Hbond substituents is 1. The van der Waals surface area contributed by atoms with Crippen LogP contribution in [0.1, 0.15) is 56.6 Å². The number of carbonyl (C=O) groups is 1. The van der Waals surface area contributed by atoms with E-state index in [9.17, 15) is 9.90 Å². The number of esters is 1. The molecular formula is C24H28O3. The lowest BCUT2D eigenvalue weighted by molar-refractivity contribution is -0.139. The van der Waals surface area contributed by atoms with Crippen LogP contribution >= 0.6 is 0 Å². The van der Waals surface area contributed by atoms with Crippen molar-refractivity contribution in [3.63, 3.8) is 0 Å². The van der Waals surface area contributed by atoms with E-state index in [4.69, 9.17) is 0 Å². The molecule has 0 saturated heterocycles. The van der Waals surface area contributed by atoms with E-state index in [2.05, 4.69) is 29.9 Å². The second kappa shape index (κ2) is 8.43. The molecule has 0 unspecified atom stereocenters. The zero-order valence-electron chi connectivity index (χ0n) is 16.2. The van der Waals surface area contributed by atoms with Crippen molar-refractivity contribution in [2.45, 2.75) is 50.9 Å². The summed E-state index contributed by atoms with van der Waals surface area (Å²) in [6.45, 7) is 2.28. The largest absolute Gasteiger partial charge is 0.508 e. The van der Waals surface area contributed by atoms with Crippen molar-refractivity contribution < 1.29 is 14.6 Å². The Bertz CT molecular complexity index is 812. The minimum absolute atomic E-state index is 0.0644. The van der Waals surface area contributed by atoms with Crippen LogP contribution in [0.15, 0.2) is 48.5 Å². The van der Waals surface area contributed by atoms with Gasteiger partial charge < -0.3 is 9.84 Å². The van der Waals surface area contributed by atoms with Gasteiger partial charge in [-0.2, -0.15) is 0 Å². The summed E-state index contributed by atoms with van der Waals surface area (Å²) in [6.07, 6.45) is 10.0. The average molecular weight is 364 g/mol. The number of methoxy groups -OCH3 is 1. The molecule has 0 radical (unpaired) electrons. The first-order valence-electron chi connectivity index (χ1n) is 9.69. The third kappa shape index (κ3) is 4.60. The third-order valence-electron chi connectivity index (χ3n) is 5.67. The first kappa shape index (κ1) is 19.2. The van der Waals surface area contributed by atoms with Crippen LogP contribution in [0.2, 0.25) is 0 Å². The molecule has 1 N–H and O–H groups in total. The van der Waals surface area contributed by atoms with Gasteiger partial charge in [0.25, 0.3) is 0 Å². The summed E-state index contributed by atoms with van der Waals surface area (Å²) in [4.78, 5) is 11.2. The fourth-order valence-electron chi connectivity index (χ4n) is 3.96. The third-order valence-corrected chi connectivity index (χ3v) is 5.67. The predicted molar refractivity (Wildman–Crippen MR) is 110 cm³/mol. The molecule has 142 valence electrons. The fourth-order valence-corrected chi connectivity index (χ4v) is 3.96. The van der Waals surface area contributed by atoms with E-state index in [1.807, 2.05) is 36.4 Å². The smallest absolute Gasteiger partial charge is 0.309 e. The first-order chi connectivity index (χ1) is 13.0. The highest BCUT2D eigenvalue weighted by atomic mass is 16.5. The standard InChI is InChI=1S/C24H28O3/c1-24(15-4-3-5-16-24)21-17-20(13-14-22(21)25)19-11-9-18(10-12-19)7-6-8-23(26)27-2/h6-7,9-14,17,25H,3-5,8,15-16H2,1-2H3/b7-6+. The van der Waals surface area contributed by atoms with Crippen molar-refractivity contribution in [3.8, 4) is 16.9 Å². The van der Waals surface area contributed by atoms with Gasteiger partial charge in [0.2, 0.25) is 0 Å². The van der Waals surface area contributed by atoms with Crippen LogP contribution in [-0.4, -0.2) is 18.2 Å². The Hall–Kier alpha value is -2.55. The van der Waals surface area contributed by atoms with Gasteiger partial charge in [0.05, 0.1) is 13.5 Å². The summed E-state index contributed by atoms with van der Waals surface area (Å²) in [7, 11) is 1.39. The van der Waals surface area contributed by atoms with E-state index in [-0.39, 0.29) is 17.8 Å². The zero-order valence-corrected chi connectivity index (χ0v) is 16.2. The lowest BCUT2D eigenvalue weighted by atomic mass is 9.70. The van der Waals surface area contributed by atoms with Crippen LogP contribution in [0.5, 0.6) is 5.75 Å². The molecule has 0 amide bonds. The maximum absolute atomic E-state index is 11.2. The maximum Gasteiger partial charge on any atom is 0.309 e. The fraction of sp³-hybridized carbons (Fsp3) is 0.375. The van der Waals surface area contributed by atoms with E-state index in [1.54, 1.807) is 0 Å². The highest BCUT2D eigenvalue weighted by molar-refractivity contribution is 5.73. The van der Waals surface area contributed by atoms with Gasteiger partial charge >= 0.3 is 5.97 Å². The molecule has 3 rings (SSSR count). The Morgan fingerprint density at radius 3 is 2.41 bits per heavy atom. The molecule has 0 spiro atoms. The number of hydrogen-bond donors (Lipinski definition) is 1. The number of rotatable bonds is 5. The Morgan fingerprint density at radius 1 is 1.07 bits per heavy atom. The molecule has 3 heteroatoms. The van der Waals surface area contributed by atoms with E-state index in [0.717, 1.165) is 35.1 Å². The molecule has 2 aromatic carbocycles. The van der Waals surface area contributed by atoms with E-state index >= 15 is 0 Å². The molecule has 0 bridgehead atoms. The first-order valence-corrected chi connectivity index (χ1v) is 9.69. The van der Waals surface area contributed by atoms with Crippen molar-refractivity contribution in [2.75, 3.05) is 7.11 Å². The number of benzene rings is 2. The second-order valence-electron chi connectivity index (χ2n) is 7.66. The van der Waals surface area contributed by atoms with Crippen LogP contribution in [0.25, 0.3) is 17.2 Å². The van der Waals surface area contributed by atoms with Crippen LogP contribution in [0, 0.1) is 0 Å². The second-order valence-corrected chi connectivity index (χ2v) is 7.66. The molecule has 3 nitrogen and oxygen atoms in total. The minimum Gasteiger partial charge on any atom is -0.508 e. The molecule has 1 aliphatic rings. The molecule has 1 fully saturated rings. The van der Waals surface area contributed by atoms with Gasteiger partial charge in [-0.15, -0.1) is 0 Å². The zero-order chi connectivity index (χ0) is 19.3. The van der Waals surface area contributed by atoms with E-state index in [0.29, 0.717) is 5.75 Å². The number of hydrogen-bond acceptors (Lipinski definition) is 3. The topological polar surface area (TPSA) is 46.5 Å². The predicted octanol–water partition coefficient (Wildman–Crippen LogP) is 5.86. The Balaban J connectivity index is 1.80. The maximum atomic E-state index is 11.2. The minimum atomic E-state index is -0.240.